The molecule has 0 heterocycles. The second-order valence-corrected chi connectivity index (χ2v) is 7.90. The van der Waals surface area contributed by atoms with E-state index in [9.17, 15) is 14.4 Å². The van der Waals surface area contributed by atoms with Crippen molar-refractivity contribution in [3.63, 3.8) is 0 Å². The molecule has 0 bridgehead atoms. The molecule has 3 aromatic rings. The molecule has 150 valence electrons. The molecule has 0 radical (unpaired) electrons. The Morgan fingerprint density at radius 3 is 2.33 bits per heavy atom. The molecule has 0 aliphatic heterocycles. The Labute approximate surface area is 190 Å². The van der Waals surface area contributed by atoms with Crippen LogP contribution in [0, 0.1) is 17.1 Å². The van der Waals surface area contributed by atoms with Crippen LogP contribution in [0.15, 0.2) is 81.2 Å². The first-order valence-corrected chi connectivity index (χ1v) is 10.4. The Kier molecular flexibility index (Phi) is 7.39. The second-order valence-electron chi connectivity index (χ2n) is 6.19. The molecule has 0 fully saturated rings. The average molecular weight is 530 g/mol. The molecule has 0 aliphatic rings. The highest BCUT2D eigenvalue weighted by Gasteiger charge is 2.14. The second kappa shape index (κ2) is 10.2. The first kappa shape index (κ1) is 21.8. The Hall–Kier alpha value is -2.95. The number of rotatable bonds is 6. The van der Waals surface area contributed by atoms with Crippen LogP contribution in [0.3, 0.4) is 0 Å². The number of halogens is 3. The number of ether oxygens (including phenoxy) is 1. The summed E-state index contributed by atoms with van der Waals surface area (Å²) in [7, 11) is 0. The van der Waals surface area contributed by atoms with Crippen LogP contribution < -0.4 is 10.1 Å². The van der Waals surface area contributed by atoms with E-state index >= 15 is 0 Å². The van der Waals surface area contributed by atoms with Gasteiger partial charge < -0.3 is 10.1 Å². The fourth-order valence-electron chi connectivity index (χ4n) is 2.60. The summed E-state index contributed by atoms with van der Waals surface area (Å²) in [5.74, 6) is -0.668. The lowest BCUT2D eigenvalue weighted by atomic mass is 10.1. The summed E-state index contributed by atoms with van der Waals surface area (Å²) in [6.45, 7) is 0.391. The minimum absolute atomic E-state index is 0.00988. The van der Waals surface area contributed by atoms with Gasteiger partial charge in [-0.15, -0.1) is 0 Å². The number of carbonyl (C=O) groups excluding carboxylic acids is 1. The van der Waals surface area contributed by atoms with E-state index in [-0.39, 0.29) is 11.3 Å². The van der Waals surface area contributed by atoms with E-state index in [1.807, 2.05) is 36.4 Å². The van der Waals surface area contributed by atoms with Gasteiger partial charge in [-0.2, -0.15) is 5.26 Å². The monoisotopic (exact) mass is 528 g/mol. The van der Waals surface area contributed by atoms with Crippen LogP contribution in [0.1, 0.15) is 11.1 Å². The van der Waals surface area contributed by atoms with Crippen molar-refractivity contribution < 1.29 is 13.9 Å². The van der Waals surface area contributed by atoms with Crippen molar-refractivity contribution in [2.45, 2.75) is 6.61 Å². The Morgan fingerprint density at radius 2 is 1.70 bits per heavy atom. The fraction of sp³-hybridized carbons (Fsp3) is 0.0435. The molecule has 3 rings (SSSR count). The maximum absolute atomic E-state index is 13.7. The van der Waals surface area contributed by atoms with Gasteiger partial charge in [0.2, 0.25) is 0 Å². The highest BCUT2D eigenvalue weighted by atomic mass is 79.9. The number of benzene rings is 3. The van der Waals surface area contributed by atoms with Crippen molar-refractivity contribution in [2.75, 3.05) is 5.32 Å². The Bertz CT molecular complexity index is 1120. The minimum atomic E-state index is -0.695. The van der Waals surface area contributed by atoms with E-state index in [1.165, 1.54) is 24.3 Å². The number of hydrogen-bond donors (Lipinski definition) is 1. The molecular formula is C23H15Br2FN2O2. The predicted molar refractivity (Wildman–Crippen MR) is 121 cm³/mol. The zero-order chi connectivity index (χ0) is 21.5. The van der Waals surface area contributed by atoms with Gasteiger partial charge in [-0.3, -0.25) is 4.79 Å². The SMILES string of the molecule is N#C/C(=C/c1cc(Br)c(OCc2ccccc2)c(Br)c1)C(=O)Nc1ccccc1F. The van der Waals surface area contributed by atoms with E-state index in [4.69, 9.17) is 4.74 Å². The maximum Gasteiger partial charge on any atom is 0.266 e. The third-order valence-electron chi connectivity index (χ3n) is 4.04. The molecule has 1 amide bonds. The van der Waals surface area contributed by atoms with Gasteiger partial charge in [-0.1, -0.05) is 42.5 Å². The van der Waals surface area contributed by atoms with Gasteiger partial charge in [0.25, 0.3) is 5.91 Å². The van der Waals surface area contributed by atoms with E-state index in [1.54, 1.807) is 18.2 Å². The molecular weight excluding hydrogens is 515 g/mol. The number of nitriles is 1. The highest BCUT2D eigenvalue weighted by molar-refractivity contribution is 9.11. The van der Waals surface area contributed by atoms with E-state index in [0.29, 0.717) is 26.9 Å². The molecule has 4 nitrogen and oxygen atoms in total. The number of carbonyl (C=O) groups is 1. The van der Waals surface area contributed by atoms with E-state index in [2.05, 4.69) is 37.2 Å². The third-order valence-corrected chi connectivity index (χ3v) is 5.22. The van der Waals surface area contributed by atoms with Gasteiger partial charge in [0.05, 0.1) is 14.6 Å². The number of amides is 1. The molecule has 0 aromatic heterocycles. The minimum Gasteiger partial charge on any atom is -0.487 e. The molecule has 0 spiro atoms. The molecule has 3 aromatic carbocycles. The van der Waals surface area contributed by atoms with Gasteiger partial charge in [0, 0.05) is 0 Å². The molecule has 0 aliphatic carbocycles. The summed E-state index contributed by atoms with van der Waals surface area (Å²) >= 11 is 6.93. The number of para-hydroxylation sites is 1. The number of anilines is 1. The van der Waals surface area contributed by atoms with Crippen LogP contribution in [0.25, 0.3) is 6.08 Å². The molecule has 0 unspecified atom stereocenters. The largest absolute Gasteiger partial charge is 0.487 e. The lowest BCUT2D eigenvalue weighted by Gasteiger charge is -2.12. The van der Waals surface area contributed by atoms with Crippen molar-refractivity contribution >= 4 is 49.5 Å². The van der Waals surface area contributed by atoms with Gasteiger partial charge >= 0.3 is 0 Å². The quantitative estimate of drug-likeness (QED) is 0.294. The predicted octanol–water partition coefficient (Wildman–Crippen LogP) is 6.48. The van der Waals surface area contributed by atoms with Crippen molar-refractivity contribution in [3.8, 4) is 11.8 Å². The average Bonchev–Trinajstić information content (AvgIpc) is 2.73. The van der Waals surface area contributed by atoms with Gasteiger partial charge in [0.1, 0.15) is 29.8 Å². The summed E-state index contributed by atoms with van der Waals surface area (Å²) < 4.78 is 20.9. The van der Waals surface area contributed by atoms with Crippen LogP contribution >= 0.6 is 31.9 Å². The Morgan fingerprint density at radius 1 is 1.07 bits per heavy atom. The first-order valence-electron chi connectivity index (χ1n) is 8.81. The van der Waals surface area contributed by atoms with Crippen LogP contribution in [0.4, 0.5) is 10.1 Å². The fourth-order valence-corrected chi connectivity index (χ4v) is 4.05. The lowest BCUT2D eigenvalue weighted by Crippen LogP contribution is -2.14. The molecule has 0 saturated carbocycles. The van der Waals surface area contributed by atoms with Crippen molar-refractivity contribution in [3.05, 3.63) is 98.2 Å². The van der Waals surface area contributed by atoms with Gasteiger partial charge in [-0.25, -0.2) is 4.39 Å². The van der Waals surface area contributed by atoms with Gasteiger partial charge in [0.15, 0.2) is 0 Å². The Balaban J connectivity index is 1.79. The summed E-state index contributed by atoms with van der Waals surface area (Å²) in [6.07, 6.45) is 1.42. The molecule has 1 N–H and O–H groups in total. The van der Waals surface area contributed by atoms with Crippen LogP contribution in [0.2, 0.25) is 0 Å². The smallest absolute Gasteiger partial charge is 0.266 e. The zero-order valence-electron chi connectivity index (χ0n) is 15.5. The third kappa shape index (κ3) is 5.56. The lowest BCUT2D eigenvalue weighted by molar-refractivity contribution is -0.112. The highest BCUT2D eigenvalue weighted by Crippen LogP contribution is 2.36. The zero-order valence-corrected chi connectivity index (χ0v) is 18.7. The van der Waals surface area contributed by atoms with E-state index < -0.39 is 11.7 Å². The number of nitrogens with zero attached hydrogens (tertiary/aromatic N) is 1. The molecule has 30 heavy (non-hydrogen) atoms. The first-order chi connectivity index (χ1) is 14.5. The number of nitrogens with one attached hydrogen (secondary N) is 1. The topological polar surface area (TPSA) is 62.1 Å². The molecule has 7 heteroatoms. The van der Waals surface area contributed by atoms with Crippen LogP contribution in [-0.2, 0) is 11.4 Å². The van der Waals surface area contributed by atoms with Crippen molar-refractivity contribution in [1.82, 2.24) is 0 Å². The summed E-state index contributed by atoms with van der Waals surface area (Å²) in [4.78, 5) is 12.4. The maximum atomic E-state index is 13.7. The van der Waals surface area contributed by atoms with Crippen molar-refractivity contribution in [1.29, 1.82) is 5.26 Å². The number of hydrogen-bond acceptors (Lipinski definition) is 3. The standard InChI is InChI=1S/C23H15Br2FN2O2/c24-18-11-16(12-19(25)22(18)30-14-15-6-2-1-3-7-15)10-17(13-27)23(29)28-21-9-5-4-8-20(21)26/h1-12H,14H2,(H,28,29)/b17-10-. The molecule has 0 saturated heterocycles. The summed E-state index contributed by atoms with van der Waals surface area (Å²) in [6, 6.07) is 20.8. The van der Waals surface area contributed by atoms with Crippen LogP contribution in [0.5, 0.6) is 5.75 Å². The summed E-state index contributed by atoms with van der Waals surface area (Å²) in [5, 5.41) is 11.8. The van der Waals surface area contributed by atoms with Gasteiger partial charge in [-0.05, 0) is 73.3 Å². The van der Waals surface area contributed by atoms with E-state index in [0.717, 1.165) is 5.56 Å². The van der Waals surface area contributed by atoms with Crippen molar-refractivity contribution in [2.24, 2.45) is 0 Å². The summed E-state index contributed by atoms with van der Waals surface area (Å²) in [5.41, 5.74) is 1.48. The normalized spacial score (nSPS) is 10.9. The molecule has 0 atom stereocenters. The van der Waals surface area contributed by atoms with Crippen LogP contribution in [-0.4, -0.2) is 5.91 Å².